The van der Waals surface area contributed by atoms with Crippen LogP contribution in [0, 0.1) is 61.8 Å². The molecular weight excluding hydrogens is 638 g/mol. The van der Waals surface area contributed by atoms with E-state index in [4.69, 9.17) is 0 Å². The molecule has 0 saturated carbocycles. The molecular formula is C28H32B2Br2N4O4. The molecule has 0 radical (unpaired) electrons. The highest BCUT2D eigenvalue weighted by Crippen LogP contribution is 2.25. The van der Waals surface area contributed by atoms with Gasteiger partial charge < -0.3 is 9.62 Å². The van der Waals surface area contributed by atoms with Crippen molar-refractivity contribution in [2.75, 3.05) is 14.1 Å². The van der Waals surface area contributed by atoms with Crippen LogP contribution in [0.5, 0.6) is 0 Å². The number of nitrogens with zero attached hydrogens (tertiary/aromatic N) is 4. The van der Waals surface area contributed by atoms with E-state index in [0.717, 1.165) is 8.76 Å². The number of hydrogen-bond acceptors (Lipinski definition) is 6. The summed E-state index contributed by atoms with van der Waals surface area (Å²) in [4.78, 5) is 24.8. The van der Waals surface area contributed by atoms with Crippen LogP contribution in [0.2, 0.25) is 0 Å². The third kappa shape index (κ3) is 6.78. The van der Waals surface area contributed by atoms with E-state index in [-0.39, 0.29) is 34.9 Å². The van der Waals surface area contributed by atoms with E-state index >= 15 is 0 Å². The third-order valence-electron chi connectivity index (χ3n) is 7.02. The van der Waals surface area contributed by atoms with Crippen molar-refractivity contribution in [1.82, 2.24) is 9.62 Å². The number of hydrogen-bond donors (Lipinski definition) is 0. The van der Waals surface area contributed by atoms with Crippen LogP contribution in [0.25, 0.3) is 0 Å². The van der Waals surface area contributed by atoms with Crippen molar-refractivity contribution in [3.05, 3.63) is 123 Å². The Morgan fingerprint density at radius 2 is 0.900 bits per heavy atom. The second-order valence-corrected chi connectivity index (χ2v) is 12.3. The number of allylic oxidation sites excluding steroid dienone is 2. The number of aryl methyl sites for hydroxylation is 6. The highest BCUT2D eigenvalue weighted by Gasteiger charge is 2.34. The predicted molar refractivity (Wildman–Crippen MR) is 172 cm³/mol. The lowest BCUT2D eigenvalue weighted by Gasteiger charge is -2.28. The smallest absolute Gasteiger partial charge is 0.331 e. The summed E-state index contributed by atoms with van der Waals surface area (Å²) in [7, 11) is 3.72. The molecule has 2 heterocycles. The first kappa shape index (κ1) is 31.4. The van der Waals surface area contributed by atoms with Crippen LogP contribution in [0.1, 0.15) is 33.4 Å². The molecule has 4 rings (SSSR count). The zero-order valence-corrected chi connectivity index (χ0v) is 27.1. The molecule has 208 valence electrons. The highest BCUT2D eigenvalue weighted by atomic mass is 79.9. The van der Waals surface area contributed by atoms with Gasteiger partial charge in [0.2, 0.25) is 0 Å². The number of rotatable bonds is 4. The second-order valence-electron chi connectivity index (χ2n) is 10.4. The number of nitro groups is 2. The maximum Gasteiger partial charge on any atom is 0.331 e. The van der Waals surface area contributed by atoms with Gasteiger partial charge in [0.25, 0.3) is 11.4 Å². The highest BCUT2D eigenvalue weighted by molar-refractivity contribution is 9.12. The van der Waals surface area contributed by atoms with Crippen molar-refractivity contribution in [3.63, 3.8) is 0 Å². The molecule has 0 saturated heterocycles. The molecule has 0 N–H and O–H groups in total. The summed E-state index contributed by atoms with van der Waals surface area (Å²) in [6.07, 6.45) is 6.33. The Kier molecular flexibility index (Phi) is 9.89. The summed E-state index contributed by atoms with van der Waals surface area (Å²) in [5.41, 5.74) is 9.82. The Morgan fingerprint density at radius 3 is 1.12 bits per heavy atom. The van der Waals surface area contributed by atoms with Gasteiger partial charge in [-0.2, -0.15) is 0 Å². The van der Waals surface area contributed by atoms with Gasteiger partial charge in [-0.15, -0.1) is 0 Å². The lowest BCUT2D eigenvalue weighted by atomic mass is 9.51. The molecule has 2 aliphatic heterocycles. The van der Waals surface area contributed by atoms with Gasteiger partial charge in [0, 0.05) is 12.2 Å². The Bertz CT molecular complexity index is 1350. The Labute approximate surface area is 253 Å². The molecule has 8 nitrogen and oxygen atoms in total. The minimum Gasteiger partial charge on any atom is -0.410 e. The fraction of sp³-hybridized carbons (Fsp3) is 0.286. The molecule has 40 heavy (non-hydrogen) atoms. The molecule has 0 aromatic heterocycles. The molecule has 0 fully saturated rings. The van der Waals surface area contributed by atoms with Crippen LogP contribution in [0.3, 0.4) is 0 Å². The van der Waals surface area contributed by atoms with Gasteiger partial charge in [-0.3, -0.25) is 20.2 Å². The van der Waals surface area contributed by atoms with Gasteiger partial charge in [0.05, 0.1) is 22.2 Å². The van der Waals surface area contributed by atoms with Crippen LogP contribution in [0.4, 0.5) is 0 Å². The van der Waals surface area contributed by atoms with E-state index in [1.54, 1.807) is 24.6 Å². The van der Waals surface area contributed by atoms with Gasteiger partial charge in [-0.1, -0.05) is 89.5 Å². The molecule has 0 atom stereocenters. The molecule has 0 bridgehead atoms. The van der Waals surface area contributed by atoms with Crippen LogP contribution < -0.4 is 10.9 Å². The first-order chi connectivity index (χ1) is 18.6. The predicted octanol–water partition coefficient (Wildman–Crippen LogP) is 5.38. The van der Waals surface area contributed by atoms with Crippen molar-refractivity contribution in [3.8, 4) is 0 Å². The van der Waals surface area contributed by atoms with Crippen molar-refractivity contribution in [2.45, 2.75) is 41.5 Å². The van der Waals surface area contributed by atoms with Crippen LogP contribution in [-0.2, 0) is 0 Å². The van der Waals surface area contributed by atoms with Crippen LogP contribution in [0.15, 0.2) is 69.0 Å². The number of halogens is 2. The maximum atomic E-state index is 10.9. The summed E-state index contributed by atoms with van der Waals surface area (Å²) in [6, 6.07) is 8.57. The largest absolute Gasteiger partial charge is 0.410 e. The molecule has 2 aromatic carbocycles. The normalized spacial score (nSPS) is 15.1. The van der Waals surface area contributed by atoms with Crippen molar-refractivity contribution >= 4 is 56.5 Å². The lowest BCUT2D eigenvalue weighted by molar-refractivity contribution is -0.420. The summed E-state index contributed by atoms with van der Waals surface area (Å²) in [6.45, 7) is 12.4. The summed E-state index contributed by atoms with van der Waals surface area (Å²) >= 11 is 7.00. The fourth-order valence-electron chi connectivity index (χ4n) is 5.60. The summed E-state index contributed by atoms with van der Waals surface area (Å²) in [5, 5.41) is 21.8. The van der Waals surface area contributed by atoms with E-state index in [2.05, 4.69) is 97.7 Å². The molecule has 2 aromatic rings. The average molecular weight is 670 g/mol. The lowest BCUT2D eigenvalue weighted by Crippen LogP contribution is -2.48. The average Bonchev–Trinajstić information content (AvgIpc) is 2.81. The minimum atomic E-state index is -0.372. The minimum absolute atomic E-state index is 0.0145. The zero-order valence-electron chi connectivity index (χ0n) is 24.0. The Morgan fingerprint density at radius 1 is 0.625 bits per heavy atom. The van der Waals surface area contributed by atoms with E-state index < -0.39 is 0 Å². The molecule has 0 spiro atoms. The summed E-state index contributed by atoms with van der Waals surface area (Å²) < 4.78 is 1.62. The van der Waals surface area contributed by atoms with Gasteiger partial charge in [-0.05, 0) is 75.3 Å². The van der Waals surface area contributed by atoms with E-state index in [1.807, 2.05) is 23.7 Å². The fourth-order valence-corrected chi connectivity index (χ4v) is 7.17. The second kappa shape index (κ2) is 12.6. The standard InChI is InChI=1S/2C14H16BBrN2O2/c2*1-9-5-10(2)14(11(3)6-9)15-13(16)7-12(18(19)20)8-17(15)4/h2*5-8H,1-4H3. The van der Waals surface area contributed by atoms with Crippen molar-refractivity contribution in [1.29, 1.82) is 0 Å². The first-order valence-electron chi connectivity index (χ1n) is 12.7. The monoisotopic (exact) mass is 668 g/mol. The van der Waals surface area contributed by atoms with E-state index in [9.17, 15) is 20.2 Å². The van der Waals surface area contributed by atoms with Crippen LogP contribution in [-0.4, -0.2) is 47.3 Å². The van der Waals surface area contributed by atoms with Gasteiger partial charge >= 0.3 is 13.7 Å². The van der Waals surface area contributed by atoms with E-state index in [0.29, 0.717) is 0 Å². The SMILES string of the molecule is Cc1cc(C)c(B2C(Br)=CC([N+](=O)[O-])=CN2C)c(C)c1.Cc1cc(C)c(B2C(Br)=CC([N+](=O)[O-])=CN2C)c(C)c1. The van der Waals surface area contributed by atoms with Crippen molar-refractivity contribution in [2.24, 2.45) is 0 Å². The topological polar surface area (TPSA) is 92.8 Å². The van der Waals surface area contributed by atoms with Gasteiger partial charge in [0.15, 0.2) is 0 Å². The van der Waals surface area contributed by atoms with E-state index in [1.165, 1.54) is 44.3 Å². The molecule has 0 aliphatic carbocycles. The first-order valence-corrected chi connectivity index (χ1v) is 14.3. The maximum absolute atomic E-state index is 10.9. The van der Waals surface area contributed by atoms with Crippen molar-refractivity contribution < 1.29 is 9.85 Å². The molecule has 0 amide bonds. The Balaban J connectivity index is 0.000000220. The quantitative estimate of drug-likeness (QED) is 0.247. The molecule has 12 heteroatoms. The Hall–Kier alpha value is -3.11. The number of benzene rings is 2. The van der Waals surface area contributed by atoms with Gasteiger partial charge in [0.1, 0.15) is 0 Å². The van der Waals surface area contributed by atoms with Gasteiger partial charge in [-0.25, -0.2) is 0 Å². The summed E-state index contributed by atoms with van der Waals surface area (Å²) in [5.74, 6) is 0. The zero-order chi connectivity index (χ0) is 30.0. The molecule has 0 unspecified atom stereocenters. The third-order valence-corrected chi connectivity index (χ3v) is 8.35. The molecule has 2 aliphatic rings. The van der Waals surface area contributed by atoms with Crippen LogP contribution >= 0.6 is 31.9 Å².